The van der Waals surface area contributed by atoms with Gasteiger partial charge < -0.3 is 48.5 Å². The molecular weight excluding hydrogens is 592 g/mol. The summed E-state index contributed by atoms with van der Waals surface area (Å²) < 4.78 is 0. The molecule has 250 valence electrons. The fourth-order valence-corrected chi connectivity index (χ4v) is 4.46. The first kappa shape index (κ1) is 36.8. The highest BCUT2D eigenvalue weighted by atomic mass is 16.3. The number of carbonyl (C=O) groups excluding carboxylic acids is 4. The molecule has 0 fully saturated rings. The first-order chi connectivity index (χ1) is 21.8. The summed E-state index contributed by atoms with van der Waals surface area (Å²) in [5.74, 6) is -2.17. The van der Waals surface area contributed by atoms with Gasteiger partial charge in [0.05, 0.1) is 0 Å². The second kappa shape index (κ2) is 18.5. The Morgan fingerprint density at radius 3 is 2.00 bits per heavy atom. The van der Waals surface area contributed by atoms with E-state index >= 15 is 0 Å². The zero-order chi connectivity index (χ0) is 34.2. The van der Waals surface area contributed by atoms with Gasteiger partial charge in [0.25, 0.3) is 0 Å². The molecule has 0 saturated carbocycles. The third kappa shape index (κ3) is 13.1. The number of aliphatic imine (C=N–C) groups is 2. The van der Waals surface area contributed by atoms with Crippen molar-refractivity contribution in [1.82, 2.24) is 20.4 Å². The first-order valence-electron chi connectivity index (χ1n) is 14.8. The van der Waals surface area contributed by atoms with Crippen molar-refractivity contribution in [3.63, 3.8) is 0 Å². The highest BCUT2D eigenvalue weighted by Gasteiger charge is 2.30. The van der Waals surface area contributed by atoms with E-state index in [1.807, 2.05) is 30.3 Å². The van der Waals surface area contributed by atoms with Gasteiger partial charge in [0.15, 0.2) is 11.9 Å². The summed E-state index contributed by atoms with van der Waals surface area (Å²) >= 11 is 0. The predicted molar refractivity (Wildman–Crippen MR) is 176 cm³/mol. The van der Waals surface area contributed by atoms with E-state index in [-0.39, 0.29) is 62.3 Å². The van der Waals surface area contributed by atoms with Crippen molar-refractivity contribution in [2.24, 2.45) is 32.9 Å². The smallest absolute Gasteiger partial charge is 0.245 e. The lowest BCUT2D eigenvalue weighted by atomic mass is 10.0. The Hall–Kier alpha value is -5.34. The van der Waals surface area contributed by atoms with Gasteiger partial charge in [0.1, 0.15) is 23.9 Å². The highest BCUT2D eigenvalue weighted by molar-refractivity contribution is 5.94. The summed E-state index contributed by atoms with van der Waals surface area (Å²) in [5, 5.41) is 15.2. The van der Waals surface area contributed by atoms with Gasteiger partial charge in [0.2, 0.25) is 23.6 Å². The number of hydrogen-bond donors (Lipinski definition) is 7. The number of guanidine groups is 2. The fourth-order valence-electron chi connectivity index (χ4n) is 4.46. The SMILES string of the molecule is CN(C)C(=O)CCN(C)C(=O)[C@H](Cc1ccccc1)NC(=O)[C@@H](CCCN=C(N)N)NC(=O)[C@H](Cc1ccc(O)cc1)N=C(N)N. The molecule has 15 heteroatoms. The summed E-state index contributed by atoms with van der Waals surface area (Å²) in [6.07, 6.45) is 0.811. The zero-order valence-electron chi connectivity index (χ0n) is 26.6. The summed E-state index contributed by atoms with van der Waals surface area (Å²) in [5.41, 5.74) is 23.6. The molecule has 0 aliphatic rings. The molecule has 15 nitrogen and oxygen atoms in total. The van der Waals surface area contributed by atoms with Crippen LogP contribution in [0.3, 0.4) is 0 Å². The molecule has 46 heavy (non-hydrogen) atoms. The lowest BCUT2D eigenvalue weighted by Crippen LogP contribution is -2.56. The van der Waals surface area contributed by atoms with Gasteiger partial charge >= 0.3 is 0 Å². The van der Waals surface area contributed by atoms with E-state index in [2.05, 4.69) is 20.6 Å². The molecule has 0 unspecified atom stereocenters. The normalized spacial score (nSPS) is 12.5. The minimum atomic E-state index is -1.11. The summed E-state index contributed by atoms with van der Waals surface area (Å²) in [6, 6.07) is 12.1. The Morgan fingerprint density at radius 2 is 1.41 bits per heavy atom. The van der Waals surface area contributed by atoms with E-state index in [9.17, 15) is 24.3 Å². The average molecular weight is 639 g/mol. The second-order valence-corrected chi connectivity index (χ2v) is 11.0. The van der Waals surface area contributed by atoms with Crippen LogP contribution in [0.2, 0.25) is 0 Å². The van der Waals surface area contributed by atoms with Crippen LogP contribution in [0.1, 0.15) is 30.4 Å². The Kier molecular flexibility index (Phi) is 14.8. The molecule has 0 aromatic heterocycles. The maximum Gasteiger partial charge on any atom is 0.245 e. The Balaban J connectivity index is 2.32. The number of aromatic hydroxyl groups is 1. The molecule has 0 spiro atoms. The van der Waals surface area contributed by atoms with E-state index in [0.717, 1.165) is 5.56 Å². The average Bonchev–Trinajstić information content (AvgIpc) is 3.01. The number of nitrogens with two attached hydrogens (primary N) is 4. The molecule has 4 amide bonds. The van der Waals surface area contributed by atoms with Crippen LogP contribution in [0, 0.1) is 0 Å². The van der Waals surface area contributed by atoms with Crippen molar-refractivity contribution >= 4 is 35.5 Å². The van der Waals surface area contributed by atoms with E-state index in [4.69, 9.17) is 22.9 Å². The van der Waals surface area contributed by atoms with Crippen LogP contribution < -0.4 is 33.6 Å². The van der Waals surface area contributed by atoms with E-state index in [1.165, 1.54) is 21.9 Å². The van der Waals surface area contributed by atoms with E-state index < -0.39 is 35.8 Å². The monoisotopic (exact) mass is 638 g/mol. The largest absolute Gasteiger partial charge is 0.508 e. The lowest BCUT2D eigenvalue weighted by Gasteiger charge is -2.27. The molecule has 0 saturated heterocycles. The Labute approximate surface area is 269 Å². The number of carbonyl (C=O) groups is 4. The Bertz CT molecular complexity index is 1360. The minimum Gasteiger partial charge on any atom is -0.508 e. The number of phenols is 1. The lowest BCUT2D eigenvalue weighted by molar-refractivity contribution is -0.137. The van der Waals surface area contributed by atoms with E-state index in [0.29, 0.717) is 12.0 Å². The van der Waals surface area contributed by atoms with Crippen LogP contribution in [-0.4, -0.2) is 103 Å². The predicted octanol–water partition coefficient (Wildman–Crippen LogP) is -1.22. The summed E-state index contributed by atoms with van der Waals surface area (Å²) in [7, 11) is 4.83. The number of benzene rings is 2. The van der Waals surface area contributed by atoms with Crippen molar-refractivity contribution in [2.45, 2.75) is 50.2 Å². The molecular formula is C31H46N10O5. The van der Waals surface area contributed by atoms with Crippen LogP contribution in [0.4, 0.5) is 0 Å². The maximum atomic E-state index is 13.8. The number of phenolic OH excluding ortho intramolecular Hbond substituents is 1. The number of likely N-dealkylation sites (N-methyl/N-ethyl adjacent to an activating group) is 1. The molecule has 3 atom stereocenters. The van der Waals surface area contributed by atoms with E-state index in [1.54, 1.807) is 33.3 Å². The van der Waals surface area contributed by atoms with Gasteiger partial charge in [-0.25, -0.2) is 4.99 Å². The first-order valence-corrected chi connectivity index (χ1v) is 14.8. The van der Waals surface area contributed by atoms with Crippen molar-refractivity contribution in [3.05, 3.63) is 65.7 Å². The number of hydrogen-bond acceptors (Lipinski definition) is 7. The number of nitrogens with zero attached hydrogens (tertiary/aromatic N) is 4. The van der Waals surface area contributed by atoms with Crippen LogP contribution in [0.15, 0.2) is 64.6 Å². The molecule has 2 aromatic rings. The van der Waals surface area contributed by atoms with Gasteiger partial charge in [-0.15, -0.1) is 0 Å². The van der Waals surface area contributed by atoms with Crippen molar-refractivity contribution < 1.29 is 24.3 Å². The highest BCUT2D eigenvalue weighted by Crippen LogP contribution is 2.14. The molecule has 2 aromatic carbocycles. The van der Waals surface area contributed by atoms with Crippen LogP contribution >= 0.6 is 0 Å². The van der Waals surface area contributed by atoms with Crippen molar-refractivity contribution in [2.75, 3.05) is 34.2 Å². The number of nitrogens with one attached hydrogen (secondary N) is 2. The van der Waals surface area contributed by atoms with Gasteiger partial charge in [-0.05, 0) is 36.1 Å². The maximum absolute atomic E-state index is 13.8. The standard InChI is InChI=1S/C31H46N10O5/c1-40(2)26(43)15-17-41(3)29(46)25(19-20-8-5-4-6-9-20)38-27(44)23(10-7-16-36-30(32)33)37-28(45)24(39-31(34)35)18-21-11-13-22(42)14-12-21/h4-6,8-9,11-14,23-25,42H,7,10,15-19H2,1-3H3,(H,37,45)(H,38,44)(H4,32,33,36)(H4,34,35,39)/t23-,24+,25+/m1/s1. The fraction of sp³-hybridized carbons (Fsp3) is 0.419. The van der Waals surface area contributed by atoms with Crippen molar-refractivity contribution in [1.29, 1.82) is 0 Å². The zero-order valence-corrected chi connectivity index (χ0v) is 26.6. The minimum absolute atomic E-state index is 0.0543. The van der Waals surface area contributed by atoms with Gasteiger partial charge in [-0.3, -0.25) is 24.2 Å². The molecule has 0 aliphatic carbocycles. The Morgan fingerprint density at radius 1 is 0.804 bits per heavy atom. The third-order valence-electron chi connectivity index (χ3n) is 6.98. The van der Waals surface area contributed by atoms with Crippen LogP contribution in [0.5, 0.6) is 5.75 Å². The topological polar surface area (TPSA) is 248 Å². The number of amides is 4. The summed E-state index contributed by atoms with van der Waals surface area (Å²) in [6.45, 7) is 0.342. The van der Waals surface area contributed by atoms with Crippen molar-refractivity contribution in [3.8, 4) is 5.75 Å². The molecule has 0 heterocycles. The molecule has 0 aliphatic heterocycles. The van der Waals surface area contributed by atoms with Gasteiger partial charge in [-0.2, -0.15) is 0 Å². The van der Waals surface area contributed by atoms with Crippen LogP contribution in [-0.2, 0) is 32.0 Å². The second-order valence-electron chi connectivity index (χ2n) is 11.0. The quantitative estimate of drug-likeness (QED) is 0.0622. The van der Waals surface area contributed by atoms with Crippen LogP contribution in [0.25, 0.3) is 0 Å². The number of rotatable bonds is 17. The molecule has 11 N–H and O–H groups in total. The van der Waals surface area contributed by atoms with Gasteiger partial charge in [-0.1, -0.05) is 42.5 Å². The molecule has 0 radical (unpaired) electrons. The summed E-state index contributed by atoms with van der Waals surface area (Å²) in [4.78, 5) is 63.8. The molecule has 2 rings (SSSR count). The van der Waals surface area contributed by atoms with Gasteiger partial charge in [0, 0.05) is 53.5 Å². The molecule has 0 bridgehead atoms. The third-order valence-corrected chi connectivity index (χ3v) is 6.98.